The van der Waals surface area contributed by atoms with E-state index in [0.29, 0.717) is 6.54 Å². The molecule has 26 heavy (non-hydrogen) atoms. The lowest BCUT2D eigenvalue weighted by Gasteiger charge is -2.28. The van der Waals surface area contributed by atoms with Crippen molar-refractivity contribution >= 4 is 11.9 Å². The highest BCUT2D eigenvalue weighted by Crippen LogP contribution is 2.17. The smallest absolute Gasteiger partial charge is 0.317 e. The molecule has 1 fully saturated rings. The van der Waals surface area contributed by atoms with Crippen molar-refractivity contribution in [1.82, 2.24) is 15.1 Å². The Hall–Kier alpha value is -1.99. The maximum absolute atomic E-state index is 12.9. The minimum absolute atomic E-state index is 0.0401. The minimum Gasteiger partial charge on any atom is -0.480 e. The van der Waals surface area contributed by atoms with Gasteiger partial charge in [0.1, 0.15) is 5.82 Å². The number of carbonyl (C=O) groups excluding carboxylic acids is 1. The lowest BCUT2D eigenvalue weighted by atomic mass is 10.1. The maximum Gasteiger partial charge on any atom is 0.317 e. The van der Waals surface area contributed by atoms with Gasteiger partial charge in [-0.15, -0.1) is 0 Å². The number of rotatable bonds is 7. The van der Waals surface area contributed by atoms with Crippen molar-refractivity contribution in [2.24, 2.45) is 0 Å². The van der Waals surface area contributed by atoms with Gasteiger partial charge in [0.2, 0.25) is 5.91 Å². The van der Waals surface area contributed by atoms with E-state index in [-0.39, 0.29) is 30.4 Å². The summed E-state index contributed by atoms with van der Waals surface area (Å²) in [5.74, 6) is -1.16. The van der Waals surface area contributed by atoms with E-state index in [9.17, 15) is 14.0 Å². The standard InChI is InChI=1S/C19H28FN3O3/c1-14(19(26)21-12-15-5-7-16(20)8-6-15)23-10-3-4-17(9-11-23)22(2)13-18(24)25/h5-8,14,17H,3-4,9-13H2,1-2H3,(H,21,26)(H,24,25). The largest absolute Gasteiger partial charge is 0.480 e. The van der Waals surface area contributed by atoms with Crippen molar-refractivity contribution in [2.45, 2.75) is 44.8 Å². The number of likely N-dealkylation sites (N-methyl/N-ethyl adjacent to an activating group) is 1. The van der Waals surface area contributed by atoms with Crippen LogP contribution >= 0.6 is 0 Å². The molecule has 0 saturated carbocycles. The molecule has 0 spiro atoms. The van der Waals surface area contributed by atoms with Gasteiger partial charge in [0.05, 0.1) is 12.6 Å². The number of hydrogen-bond acceptors (Lipinski definition) is 4. The summed E-state index contributed by atoms with van der Waals surface area (Å²) in [4.78, 5) is 27.4. The third kappa shape index (κ3) is 6.07. The van der Waals surface area contributed by atoms with Crippen LogP contribution in [0.4, 0.5) is 4.39 Å². The van der Waals surface area contributed by atoms with Gasteiger partial charge in [0.15, 0.2) is 0 Å². The molecule has 0 radical (unpaired) electrons. The normalized spacial score (nSPS) is 19.8. The zero-order valence-electron chi connectivity index (χ0n) is 15.4. The molecule has 1 aromatic carbocycles. The molecule has 0 bridgehead atoms. The highest BCUT2D eigenvalue weighted by molar-refractivity contribution is 5.81. The van der Waals surface area contributed by atoms with E-state index in [2.05, 4.69) is 10.2 Å². The number of benzene rings is 1. The first-order chi connectivity index (χ1) is 12.4. The number of carbonyl (C=O) groups is 2. The molecule has 1 amide bonds. The van der Waals surface area contributed by atoms with E-state index in [1.807, 2.05) is 18.9 Å². The summed E-state index contributed by atoms with van der Waals surface area (Å²) in [6.45, 7) is 3.89. The van der Waals surface area contributed by atoms with E-state index in [1.54, 1.807) is 12.1 Å². The van der Waals surface area contributed by atoms with Crippen LogP contribution in [-0.4, -0.2) is 65.5 Å². The van der Waals surface area contributed by atoms with Crippen LogP contribution in [0.3, 0.4) is 0 Å². The molecule has 2 N–H and O–H groups in total. The van der Waals surface area contributed by atoms with Gasteiger partial charge in [0.25, 0.3) is 0 Å². The summed E-state index contributed by atoms with van der Waals surface area (Å²) in [6.07, 6.45) is 2.72. The van der Waals surface area contributed by atoms with Gasteiger partial charge in [-0.05, 0) is 57.5 Å². The van der Waals surface area contributed by atoms with Gasteiger partial charge in [-0.1, -0.05) is 12.1 Å². The van der Waals surface area contributed by atoms with Gasteiger partial charge in [0, 0.05) is 19.1 Å². The lowest BCUT2D eigenvalue weighted by molar-refractivity contribution is -0.138. The lowest BCUT2D eigenvalue weighted by Crippen LogP contribution is -2.45. The third-order valence-electron chi connectivity index (χ3n) is 5.05. The second kappa shape index (κ2) is 9.64. The Bertz CT molecular complexity index is 609. The SMILES string of the molecule is CC(C(=O)NCc1ccc(F)cc1)N1CCCC(N(C)CC(=O)O)CC1. The van der Waals surface area contributed by atoms with Gasteiger partial charge in [-0.3, -0.25) is 19.4 Å². The zero-order valence-corrected chi connectivity index (χ0v) is 15.4. The highest BCUT2D eigenvalue weighted by atomic mass is 19.1. The van der Waals surface area contributed by atoms with Crippen LogP contribution in [0.2, 0.25) is 0 Å². The summed E-state index contributed by atoms with van der Waals surface area (Å²) in [6, 6.07) is 6.06. The molecule has 0 aromatic heterocycles. The van der Waals surface area contributed by atoms with E-state index in [1.165, 1.54) is 12.1 Å². The van der Waals surface area contributed by atoms with E-state index >= 15 is 0 Å². The number of carboxylic acids is 1. The molecule has 1 aliphatic heterocycles. The molecule has 0 aliphatic carbocycles. The fourth-order valence-electron chi connectivity index (χ4n) is 3.38. The summed E-state index contributed by atoms with van der Waals surface area (Å²) in [5.41, 5.74) is 0.859. The first-order valence-electron chi connectivity index (χ1n) is 9.05. The Morgan fingerprint density at radius 3 is 2.65 bits per heavy atom. The van der Waals surface area contributed by atoms with Crippen molar-refractivity contribution in [3.05, 3.63) is 35.6 Å². The molecule has 2 unspecified atom stereocenters. The fraction of sp³-hybridized carbons (Fsp3) is 0.579. The first-order valence-corrected chi connectivity index (χ1v) is 9.05. The average Bonchev–Trinajstić information content (AvgIpc) is 2.86. The number of amides is 1. The van der Waals surface area contributed by atoms with Crippen molar-refractivity contribution < 1.29 is 19.1 Å². The number of aliphatic carboxylic acids is 1. The molecule has 6 nitrogen and oxygen atoms in total. The molecule has 7 heteroatoms. The van der Waals surface area contributed by atoms with Crippen molar-refractivity contribution in [1.29, 1.82) is 0 Å². The predicted molar refractivity (Wildman–Crippen MR) is 97.2 cm³/mol. The van der Waals surface area contributed by atoms with Crippen LogP contribution < -0.4 is 5.32 Å². The molecule has 144 valence electrons. The molecular weight excluding hydrogens is 337 g/mol. The van der Waals surface area contributed by atoms with E-state index < -0.39 is 5.97 Å². The number of nitrogens with one attached hydrogen (secondary N) is 1. The fourth-order valence-corrected chi connectivity index (χ4v) is 3.38. The van der Waals surface area contributed by atoms with Crippen molar-refractivity contribution in [3.63, 3.8) is 0 Å². The summed E-state index contributed by atoms with van der Waals surface area (Å²) in [5, 5.41) is 11.8. The van der Waals surface area contributed by atoms with Crippen LogP contribution in [0.25, 0.3) is 0 Å². The number of halogens is 1. The van der Waals surface area contributed by atoms with E-state index in [4.69, 9.17) is 5.11 Å². The van der Waals surface area contributed by atoms with Crippen LogP contribution in [0, 0.1) is 5.82 Å². The Morgan fingerprint density at radius 2 is 2.00 bits per heavy atom. The van der Waals surface area contributed by atoms with Crippen LogP contribution in [0.15, 0.2) is 24.3 Å². The summed E-state index contributed by atoms with van der Waals surface area (Å²) >= 11 is 0. The predicted octanol–water partition coefficient (Wildman–Crippen LogP) is 1.70. The Labute approximate surface area is 154 Å². The number of likely N-dealkylation sites (tertiary alicyclic amines) is 1. The van der Waals surface area contributed by atoms with Gasteiger partial charge < -0.3 is 10.4 Å². The van der Waals surface area contributed by atoms with E-state index in [0.717, 1.165) is 37.9 Å². The van der Waals surface area contributed by atoms with Crippen molar-refractivity contribution in [2.75, 3.05) is 26.7 Å². The minimum atomic E-state index is -0.817. The Kier molecular flexibility index (Phi) is 7.53. The topological polar surface area (TPSA) is 72.9 Å². The second-order valence-corrected chi connectivity index (χ2v) is 6.95. The summed E-state index contributed by atoms with van der Waals surface area (Å²) in [7, 11) is 1.84. The average molecular weight is 365 g/mol. The molecule has 2 atom stereocenters. The van der Waals surface area contributed by atoms with Crippen LogP contribution in [0.1, 0.15) is 31.7 Å². The molecule has 1 aliphatic rings. The zero-order chi connectivity index (χ0) is 19.1. The Balaban J connectivity index is 1.82. The van der Waals surface area contributed by atoms with Crippen LogP contribution in [0.5, 0.6) is 0 Å². The molecular formula is C19H28FN3O3. The summed E-state index contributed by atoms with van der Waals surface area (Å²) < 4.78 is 12.9. The number of carboxylic acid groups (broad SMARTS) is 1. The quantitative estimate of drug-likeness (QED) is 0.770. The monoisotopic (exact) mass is 365 g/mol. The molecule has 2 rings (SSSR count). The van der Waals surface area contributed by atoms with Crippen molar-refractivity contribution in [3.8, 4) is 0 Å². The number of nitrogens with zero attached hydrogens (tertiary/aromatic N) is 2. The Morgan fingerprint density at radius 1 is 1.31 bits per heavy atom. The van der Waals surface area contributed by atoms with Crippen LogP contribution in [-0.2, 0) is 16.1 Å². The third-order valence-corrected chi connectivity index (χ3v) is 5.05. The molecule has 1 saturated heterocycles. The first kappa shape index (κ1) is 20.3. The molecule has 1 heterocycles. The van der Waals surface area contributed by atoms with Gasteiger partial charge >= 0.3 is 5.97 Å². The number of hydrogen-bond donors (Lipinski definition) is 2. The maximum atomic E-state index is 12.9. The highest BCUT2D eigenvalue weighted by Gasteiger charge is 2.26. The van der Waals surface area contributed by atoms with Gasteiger partial charge in [-0.25, -0.2) is 4.39 Å². The second-order valence-electron chi connectivity index (χ2n) is 6.95. The van der Waals surface area contributed by atoms with Gasteiger partial charge in [-0.2, -0.15) is 0 Å². The molecule has 1 aromatic rings.